The van der Waals surface area contributed by atoms with Crippen LogP contribution in [0.5, 0.6) is 0 Å². The molecule has 0 N–H and O–H groups in total. The number of quaternary nitrogens is 1. The fraction of sp³-hybridized carbons (Fsp3) is 1.00. The molecule has 1 nitrogen and oxygen atoms in total. The Bertz CT molecular complexity index is 119. The molecule has 1 atom stereocenters. The second-order valence-corrected chi connectivity index (χ2v) is 5.68. The number of hydrogen-bond donors (Lipinski definition) is 0. The highest BCUT2D eigenvalue weighted by Gasteiger charge is 2.48. The third-order valence-electron chi connectivity index (χ3n) is 0.862. The molecule has 0 amide bonds. The van der Waals surface area contributed by atoms with Gasteiger partial charge in [0.2, 0.25) is 0 Å². The highest BCUT2D eigenvalue weighted by atomic mass is 79.9. The number of nitrogens with zero attached hydrogens (tertiary/aromatic N) is 1. The molecule has 70 valence electrons. The zero-order valence-corrected chi connectivity index (χ0v) is 11.3. The van der Waals surface area contributed by atoms with Crippen molar-refractivity contribution in [2.24, 2.45) is 0 Å². The smallest absolute Gasteiger partial charge is 0.348 e. The van der Waals surface area contributed by atoms with Crippen molar-refractivity contribution in [1.82, 2.24) is 0 Å². The van der Waals surface area contributed by atoms with E-state index in [0.717, 1.165) is 0 Å². The first-order valence-electron chi connectivity index (χ1n) is 2.10. The maximum Gasteiger partial charge on any atom is 0.348 e. The summed E-state index contributed by atoms with van der Waals surface area (Å²) in [7, 11) is 1.39. The standard InChI is InChI=1S/C3H4Cl6N.BrH/c1-10(9,2(4)5)3(6,7)8;/h2H,1H3;1H/q+1;/p-1. The molecular weight excluding hydrogens is 343 g/mol. The molecular formula is C3H4BrCl6N. The Morgan fingerprint density at radius 2 is 1.45 bits per heavy atom. The van der Waals surface area contributed by atoms with Gasteiger partial charge >= 0.3 is 3.92 Å². The summed E-state index contributed by atoms with van der Waals surface area (Å²) >= 11 is 32.7. The SMILES string of the molecule is C[N+](Cl)(C(Cl)Cl)C(Cl)(Cl)Cl.[Br-]. The van der Waals surface area contributed by atoms with Crippen molar-refractivity contribution in [3.05, 3.63) is 0 Å². The van der Waals surface area contributed by atoms with E-state index < -0.39 is 12.9 Å². The van der Waals surface area contributed by atoms with E-state index in [4.69, 9.17) is 69.8 Å². The van der Waals surface area contributed by atoms with Crippen molar-refractivity contribution in [2.75, 3.05) is 7.05 Å². The maximum absolute atomic E-state index is 5.62. The van der Waals surface area contributed by atoms with Gasteiger partial charge < -0.3 is 17.0 Å². The molecule has 0 aromatic rings. The maximum atomic E-state index is 5.62. The van der Waals surface area contributed by atoms with Crippen LogP contribution in [0.3, 0.4) is 0 Å². The minimum absolute atomic E-state index is 0. The Labute approximate surface area is 106 Å². The molecule has 0 saturated heterocycles. The van der Waals surface area contributed by atoms with Crippen molar-refractivity contribution in [3.8, 4) is 0 Å². The molecule has 8 heteroatoms. The zero-order valence-electron chi connectivity index (χ0n) is 5.17. The molecule has 1 unspecified atom stereocenters. The summed E-state index contributed by atoms with van der Waals surface area (Å²) < 4.78 is -2.35. The third kappa shape index (κ3) is 4.28. The Morgan fingerprint density at radius 3 is 1.45 bits per heavy atom. The lowest BCUT2D eigenvalue weighted by Crippen LogP contribution is -3.00. The summed E-state index contributed by atoms with van der Waals surface area (Å²) in [6, 6.07) is 0. The van der Waals surface area contributed by atoms with Crippen molar-refractivity contribution >= 4 is 69.8 Å². The minimum atomic E-state index is -1.73. The summed E-state index contributed by atoms with van der Waals surface area (Å²) in [5, 5.41) is 0. The monoisotopic (exact) mass is 343 g/mol. The van der Waals surface area contributed by atoms with Gasteiger partial charge in [0.15, 0.2) is 11.8 Å². The van der Waals surface area contributed by atoms with Crippen LogP contribution in [0, 0.1) is 0 Å². The van der Waals surface area contributed by atoms with Crippen LogP contribution in [0.4, 0.5) is 0 Å². The van der Waals surface area contributed by atoms with Gasteiger partial charge in [-0.1, -0.05) is 0 Å². The van der Waals surface area contributed by atoms with Crippen LogP contribution in [0.2, 0.25) is 0 Å². The van der Waals surface area contributed by atoms with Crippen LogP contribution < -0.4 is 17.0 Å². The van der Waals surface area contributed by atoms with Crippen molar-refractivity contribution in [2.45, 2.75) is 8.88 Å². The van der Waals surface area contributed by atoms with Gasteiger partial charge in [0, 0.05) is 0 Å². The van der Waals surface area contributed by atoms with Crippen LogP contribution >= 0.6 is 69.8 Å². The molecule has 11 heavy (non-hydrogen) atoms. The fourth-order valence-electron chi connectivity index (χ4n) is 0.111. The average molecular weight is 347 g/mol. The Hall–Kier alpha value is 2.18. The van der Waals surface area contributed by atoms with Gasteiger partial charge in [-0.3, -0.25) is 0 Å². The quantitative estimate of drug-likeness (QED) is 0.372. The van der Waals surface area contributed by atoms with E-state index in [1.165, 1.54) is 7.05 Å². The molecule has 0 aromatic carbocycles. The van der Waals surface area contributed by atoms with Crippen molar-refractivity contribution < 1.29 is 21.0 Å². The predicted octanol–water partition coefficient (Wildman–Crippen LogP) is 0.680. The molecule has 0 spiro atoms. The molecule has 0 aromatic heterocycles. The minimum Gasteiger partial charge on any atom is -1.00 e. The lowest BCUT2D eigenvalue weighted by molar-refractivity contribution is -0.803. The second kappa shape index (κ2) is 5.16. The highest BCUT2D eigenvalue weighted by molar-refractivity contribution is 6.67. The van der Waals surface area contributed by atoms with Crippen LogP contribution in [-0.2, 0) is 0 Å². The average Bonchev–Trinajstić information content (AvgIpc) is 1.62. The van der Waals surface area contributed by atoms with E-state index >= 15 is 0 Å². The van der Waals surface area contributed by atoms with Gasteiger partial charge in [0.25, 0.3) is 4.96 Å². The van der Waals surface area contributed by atoms with Gasteiger partial charge in [-0.05, 0) is 58.0 Å². The van der Waals surface area contributed by atoms with Gasteiger partial charge in [0.1, 0.15) is 0 Å². The predicted molar refractivity (Wildman–Crippen MR) is 47.8 cm³/mol. The number of halogens is 7. The first-order chi connectivity index (χ1) is 4.19. The van der Waals surface area contributed by atoms with E-state index in [-0.39, 0.29) is 17.0 Å². The van der Waals surface area contributed by atoms with Gasteiger partial charge in [-0.25, -0.2) is 0 Å². The van der Waals surface area contributed by atoms with E-state index in [9.17, 15) is 0 Å². The van der Waals surface area contributed by atoms with Crippen LogP contribution in [0.15, 0.2) is 0 Å². The largest absolute Gasteiger partial charge is 1.00 e. The third-order valence-corrected chi connectivity index (χ3v) is 3.60. The molecule has 0 aliphatic rings. The second-order valence-electron chi connectivity index (χ2n) is 1.71. The van der Waals surface area contributed by atoms with E-state index in [1.54, 1.807) is 0 Å². The van der Waals surface area contributed by atoms with E-state index in [0.29, 0.717) is 0 Å². The highest BCUT2D eigenvalue weighted by Crippen LogP contribution is 2.43. The summed E-state index contributed by atoms with van der Waals surface area (Å²) in [5.74, 6) is 0. The van der Waals surface area contributed by atoms with Crippen LogP contribution in [0.25, 0.3) is 0 Å². The lowest BCUT2D eigenvalue weighted by atomic mass is 10.9. The molecule has 0 saturated carbocycles. The topological polar surface area (TPSA) is 0 Å². The summed E-state index contributed by atoms with van der Waals surface area (Å²) in [4.78, 5) is -0.992. The fourth-order valence-corrected chi connectivity index (χ4v) is 0.996. The molecule has 0 rings (SSSR count). The van der Waals surface area contributed by atoms with Gasteiger partial charge in [0.05, 0.1) is 7.05 Å². The zero-order chi connectivity index (χ0) is 8.58. The first kappa shape index (κ1) is 15.6. The Morgan fingerprint density at radius 1 is 1.18 bits per heavy atom. The van der Waals surface area contributed by atoms with E-state index in [2.05, 4.69) is 0 Å². The molecule has 0 aliphatic carbocycles. The van der Waals surface area contributed by atoms with Crippen LogP contribution in [-0.4, -0.2) is 19.9 Å². The van der Waals surface area contributed by atoms with Crippen LogP contribution in [0.1, 0.15) is 0 Å². The van der Waals surface area contributed by atoms with Gasteiger partial charge in [-0.2, -0.15) is 4.00 Å². The Kier molecular flexibility index (Phi) is 7.34. The first-order valence-corrected chi connectivity index (χ1v) is 4.45. The van der Waals surface area contributed by atoms with Crippen molar-refractivity contribution in [3.63, 3.8) is 0 Å². The molecule has 0 radical (unpaired) electrons. The lowest BCUT2D eigenvalue weighted by Gasteiger charge is -2.31. The molecule has 0 fully saturated rings. The summed E-state index contributed by atoms with van der Waals surface area (Å²) in [6.07, 6.45) is 0. The van der Waals surface area contributed by atoms with Crippen molar-refractivity contribution in [1.29, 1.82) is 0 Å². The Balaban J connectivity index is 0. The summed E-state index contributed by atoms with van der Waals surface area (Å²) in [5.41, 5.74) is 0. The normalized spacial score (nSPS) is 17.5. The van der Waals surface area contributed by atoms with E-state index in [1.807, 2.05) is 0 Å². The number of hydrogen-bond acceptors (Lipinski definition) is 0. The molecule has 0 aliphatic heterocycles. The molecule has 0 heterocycles. The number of rotatable bonds is 1. The molecule has 0 bridgehead atoms. The van der Waals surface area contributed by atoms with Gasteiger partial charge in [-0.15, -0.1) is 0 Å². The number of alkyl halides is 5. The summed E-state index contributed by atoms with van der Waals surface area (Å²) in [6.45, 7) is 0.